The molecule has 0 saturated carbocycles. The summed E-state index contributed by atoms with van der Waals surface area (Å²) < 4.78 is 0. The van der Waals surface area contributed by atoms with Gasteiger partial charge in [-0.1, -0.05) is 49.4 Å². The molecule has 0 aliphatic heterocycles. The number of carboxylic acid groups (broad SMARTS) is 1. The summed E-state index contributed by atoms with van der Waals surface area (Å²) in [6.07, 6.45) is 0.863. The van der Waals surface area contributed by atoms with Crippen LogP contribution in [0.25, 0.3) is 11.1 Å². The normalized spacial score (nSPS) is 9.62. The molecule has 0 atom stereocenters. The van der Waals surface area contributed by atoms with Crippen LogP contribution in [0, 0.1) is 0 Å². The molecule has 0 heterocycles. The van der Waals surface area contributed by atoms with E-state index in [1.807, 2.05) is 36.4 Å². The summed E-state index contributed by atoms with van der Waals surface area (Å²) in [5, 5.41) is 26.3. The lowest BCUT2D eigenvalue weighted by Gasteiger charge is -2.06. The molecule has 0 saturated heterocycles. The molecule has 4 heteroatoms. The van der Waals surface area contributed by atoms with Crippen LogP contribution in [0.15, 0.2) is 48.5 Å². The standard InChI is InChI=1S/C14H14O2.C3H6O2/c15-9-8-11-4-3-5-12(10-11)13-6-1-2-7-14(13)16;1-2-3(4)5/h1-7,10,15-16H,8-9H2;2H2,1H3,(H,4,5). The minimum Gasteiger partial charge on any atom is -0.507 e. The molecule has 2 aromatic rings. The topological polar surface area (TPSA) is 77.8 Å². The number of phenolic OH excluding ortho intramolecular Hbond substituents is 1. The van der Waals surface area contributed by atoms with Crippen molar-refractivity contribution in [3.8, 4) is 16.9 Å². The quantitative estimate of drug-likeness (QED) is 0.808. The number of hydrogen-bond donors (Lipinski definition) is 3. The predicted octanol–water partition coefficient (Wildman–Crippen LogP) is 3.08. The summed E-state index contributed by atoms with van der Waals surface area (Å²) >= 11 is 0. The maximum absolute atomic E-state index is 9.74. The lowest BCUT2D eigenvalue weighted by molar-refractivity contribution is -0.136. The average Bonchev–Trinajstić information content (AvgIpc) is 2.49. The maximum Gasteiger partial charge on any atom is 0.303 e. The van der Waals surface area contributed by atoms with Gasteiger partial charge >= 0.3 is 5.97 Å². The molecule has 0 amide bonds. The first-order chi connectivity index (χ1) is 10.1. The van der Waals surface area contributed by atoms with Crippen molar-refractivity contribution in [3.05, 3.63) is 54.1 Å². The van der Waals surface area contributed by atoms with Crippen LogP contribution < -0.4 is 0 Å². The highest BCUT2D eigenvalue weighted by Gasteiger charge is 2.03. The van der Waals surface area contributed by atoms with Crippen LogP contribution in [0.1, 0.15) is 18.9 Å². The SMILES string of the molecule is CCC(=O)O.OCCc1cccc(-c2ccccc2O)c1. The monoisotopic (exact) mass is 288 g/mol. The van der Waals surface area contributed by atoms with Gasteiger partial charge in [0.25, 0.3) is 0 Å². The Morgan fingerprint density at radius 3 is 2.33 bits per heavy atom. The van der Waals surface area contributed by atoms with Gasteiger partial charge in [-0.2, -0.15) is 0 Å². The number of hydrogen-bond acceptors (Lipinski definition) is 3. The van der Waals surface area contributed by atoms with Gasteiger partial charge in [-0.3, -0.25) is 4.79 Å². The van der Waals surface area contributed by atoms with Gasteiger partial charge in [0, 0.05) is 18.6 Å². The second-order valence-electron chi connectivity index (χ2n) is 4.44. The van der Waals surface area contributed by atoms with Crippen LogP contribution in [0.2, 0.25) is 0 Å². The molecule has 21 heavy (non-hydrogen) atoms. The van der Waals surface area contributed by atoms with Crippen LogP contribution in [-0.2, 0) is 11.2 Å². The second kappa shape index (κ2) is 8.76. The van der Waals surface area contributed by atoms with Gasteiger partial charge in [-0.15, -0.1) is 0 Å². The van der Waals surface area contributed by atoms with Crippen molar-refractivity contribution in [2.45, 2.75) is 19.8 Å². The van der Waals surface area contributed by atoms with E-state index in [9.17, 15) is 9.90 Å². The molecule has 2 rings (SSSR count). The summed E-state index contributed by atoms with van der Waals surface area (Å²) in [6, 6.07) is 15.1. The van der Waals surface area contributed by atoms with Crippen molar-refractivity contribution < 1.29 is 20.1 Å². The Hall–Kier alpha value is -2.33. The largest absolute Gasteiger partial charge is 0.507 e. The van der Waals surface area contributed by atoms with Crippen molar-refractivity contribution in [2.24, 2.45) is 0 Å². The van der Waals surface area contributed by atoms with Gasteiger partial charge in [0.2, 0.25) is 0 Å². The van der Waals surface area contributed by atoms with E-state index >= 15 is 0 Å². The number of aliphatic hydroxyl groups excluding tert-OH is 1. The van der Waals surface area contributed by atoms with E-state index in [2.05, 4.69) is 0 Å². The fourth-order valence-corrected chi connectivity index (χ4v) is 1.74. The molecular formula is C17H20O4. The molecule has 0 spiro atoms. The lowest BCUT2D eigenvalue weighted by atomic mass is 10.0. The molecule has 0 radical (unpaired) electrons. The van der Waals surface area contributed by atoms with E-state index in [4.69, 9.17) is 10.2 Å². The fourth-order valence-electron chi connectivity index (χ4n) is 1.74. The highest BCUT2D eigenvalue weighted by Crippen LogP contribution is 2.28. The van der Waals surface area contributed by atoms with Gasteiger partial charge in [0.15, 0.2) is 0 Å². The Labute approximate surface area is 124 Å². The Bertz CT molecular complexity index is 579. The molecule has 2 aromatic carbocycles. The van der Waals surface area contributed by atoms with Crippen molar-refractivity contribution in [3.63, 3.8) is 0 Å². The zero-order valence-electron chi connectivity index (χ0n) is 12.0. The first-order valence-corrected chi connectivity index (χ1v) is 6.78. The lowest BCUT2D eigenvalue weighted by Crippen LogP contribution is -1.90. The molecular weight excluding hydrogens is 268 g/mol. The highest BCUT2D eigenvalue weighted by atomic mass is 16.4. The van der Waals surface area contributed by atoms with Gasteiger partial charge in [-0.05, 0) is 23.6 Å². The third-order valence-electron chi connectivity index (χ3n) is 2.84. The van der Waals surface area contributed by atoms with Crippen molar-refractivity contribution in [1.82, 2.24) is 0 Å². The van der Waals surface area contributed by atoms with Crippen LogP contribution in [0.4, 0.5) is 0 Å². The number of aromatic hydroxyl groups is 1. The molecule has 0 unspecified atom stereocenters. The molecule has 0 aliphatic carbocycles. The first-order valence-electron chi connectivity index (χ1n) is 6.78. The number of aliphatic carboxylic acids is 1. The predicted molar refractivity (Wildman–Crippen MR) is 82.3 cm³/mol. The van der Waals surface area contributed by atoms with E-state index in [0.29, 0.717) is 6.42 Å². The number of benzene rings is 2. The van der Waals surface area contributed by atoms with E-state index in [1.165, 1.54) is 0 Å². The Morgan fingerprint density at radius 1 is 1.10 bits per heavy atom. The van der Waals surface area contributed by atoms with Gasteiger partial charge in [0.1, 0.15) is 5.75 Å². The van der Waals surface area contributed by atoms with Gasteiger partial charge < -0.3 is 15.3 Å². The Kier molecular flexibility index (Phi) is 6.98. The number of phenols is 1. The minimum atomic E-state index is -0.745. The minimum absolute atomic E-state index is 0.143. The van der Waals surface area contributed by atoms with Crippen molar-refractivity contribution >= 4 is 5.97 Å². The number of para-hydroxylation sites is 1. The summed E-state index contributed by atoms with van der Waals surface area (Å²) in [4.78, 5) is 9.37. The van der Waals surface area contributed by atoms with E-state index in [0.717, 1.165) is 16.7 Å². The first kappa shape index (κ1) is 16.7. The van der Waals surface area contributed by atoms with E-state index < -0.39 is 5.97 Å². The molecule has 0 bridgehead atoms. The average molecular weight is 288 g/mol. The number of carboxylic acids is 1. The number of rotatable bonds is 4. The van der Waals surface area contributed by atoms with Crippen LogP contribution in [0.5, 0.6) is 5.75 Å². The third kappa shape index (κ3) is 5.67. The summed E-state index contributed by atoms with van der Waals surface area (Å²) in [6.45, 7) is 1.74. The Morgan fingerprint density at radius 2 is 1.76 bits per heavy atom. The molecule has 4 nitrogen and oxygen atoms in total. The van der Waals surface area contributed by atoms with Crippen LogP contribution in [0.3, 0.4) is 0 Å². The maximum atomic E-state index is 9.74. The van der Waals surface area contributed by atoms with Crippen LogP contribution >= 0.6 is 0 Å². The highest BCUT2D eigenvalue weighted by molar-refractivity contribution is 5.70. The summed E-state index contributed by atoms with van der Waals surface area (Å²) in [5.74, 6) is -0.464. The summed E-state index contributed by atoms with van der Waals surface area (Å²) in [5.41, 5.74) is 2.87. The zero-order chi connectivity index (χ0) is 15.7. The molecule has 0 aliphatic rings. The van der Waals surface area contributed by atoms with Crippen LogP contribution in [-0.4, -0.2) is 27.9 Å². The van der Waals surface area contributed by atoms with Crippen molar-refractivity contribution in [1.29, 1.82) is 0 Å². The number of aliphatic hydroxyl groups is 1. The van der Waals surface area contributed by atoms with Gasteiger partial charge in [0.05, 0.1) is 0 Å². The van der Waals surface area contributed by atoms with E-state index in [1.54, 1.807) is 19.1 Å². The molecule has 0 aromatic heterocycles. The molecule has 3 N–H and O–H groups in total. The van der Waals surface area contributed by atoms with Gasteiger partial charge in [-0.25, -0.2) is 0 Å². The molecule has 0 fully saturated rings. The number of carbonyl (C=O) groups is 1. The van der Waals surface area contributed by atoms with E-state index in [-0.39, 0.29) is 18.8 Å². The fraction of sp³-hybridized carbons (Fsp3) is 0.235. The zero-order valence-corrected chi connectivity index (χ0v) is 12.0. The summed E-state index contributed by atoms with van der Waals surface area (Å²) in [7, 11) is 0. The third-order valence-corrected chi connectivity index (χ3v) is 2.84. The second-order valence-corrected chi connectivity index (χ2v) is 4.44. The van der Waals surface area contributed by atoms with Crippen molar-refractivity contribution in [2.75, 3.05) is 6.61 Å². The molecule has 112 valence electrons. The smallest absolute Gasteiger partial charge is 0.303 e. The Balaban J connectivity index is 0.000000383.